The number of nitrogens with one attached hydrogen (secondary N) is 1. The largest absolute Gasteiger partial charge is 0.495 e. The van der Waals surface area contributed by atoms with Crippen molar-refractivity contribution in [2.45, 2.75) is 19.8 Å². The van der Waals surface area contributed by atoms with Crippen LogP contribution in [0.25, 0.3) is 0 Å². The quantitative estimate of drug-likeness (QED) is 0.805. The number of amides is 1. The van der Waals surface area contributed by atoms with Crippen LogP contribution in [0.4, 0.5) is 11.4 Å². The van der Waals surface area contributed by atoms with E-state index in [1.54, 1.807) is 30.3 Å². The van der Waals surface area contributed by atoms with E-state index < -0.39 is 15.9 Å². The first-order valence-electron chi connectivity index (χ1n) is 8.23. The number of benzene rings is 2. The molecule has 0 aliphatic carbocycles. The molecule has 2 rings (SSSR count). The highest BCUT2D eigenvalue weighted by atomic mass is 32.2. The van der Waals surface area contributed by atoms with Gasteiger partial charge >= 0.3 is 0 Å². The van der Waals surface area contributed by atoms with E-state index in [1.165, 1.54) is 7.11 Å². The Bertz CT molecular complexity index is 879. The normalized spacial score (nSPS) is 11.3. The average Bonchev–Trinajstić information content (AvgIpc) is 2.59. The fourth-order valence-corrected chi connectivity index (χ4v) is 3.51. The Morgan fingerprint density at radius 3 is 2.35 bits per heavy atom. The molecule has 2 aromatic carbocycles. The van der Waals surface area contributed by atoms with Crippen LogP contribution in [0.2, 0.25) is 0 Å². The van der Waals surface area contributed by atoms with Gasteiger partial charge in [-0.25, -0.2) is 8.42 Å². The molecule has 0 atom stereocenters. The van der Waals surface area contributed by atoms with E-state index in [1.807, 2.05) is 32.0 Å². The molecule has 140 valence electrons. The zero-order valence-corrected chi connectivity index (χ0v) is 16.2. The summed E-state index contributed by atoms with van der Waals surface area (Å²) in [5.41, 5.74) is 2.00. The highest BCUT2D eigenvalue weighted by molar-refractivity contribution is 7.92. The van der Waals surface area contributed by atoms with Crippen molar-refractivity contribution < 1.29 is 17.9 Å². The van der Waals surface area contributed by atoms with Crippen LogP contribution in [0.1, 0.15) is 25.3 Å². The zero-order valence-electron chi connectivity index (χ0n) is 15.4. The molecule has 0 aliphatic rings. The third-order valence-corrected chi connectivity index (χ3v) is 5.02. The van der Waals surface area contributed by atoms with Gasteiger partial charge in [-0.3, -0.25) is 9.10 Å². The Balaban J connectivity index is 2.29. The van der Waals surface area contributed by atoms with Gasteiger partial charge < -0.3 is 10.1 Å². The van der Waals surface area contributed by atoms with Crippen LogP contribution in [0.5, 0.6) is 5.75 Å². The van der Waals surface area contributed by atoms with Crippen LogP contribution in [0, 0.1) is 0 Å². The van der Waals surface area contributed by atoms with Gasteiger partial charge in [0.2, 0.25) is 15.9 Å². The van der Waals surface area contributed by atoms with Crippen molar-refractivity contribution in [2.24, 2.45) is 0 Å². The zero-order chi connectivity index (χ0) is 19.3. The third-order valence-electron chi connectivity index (χ3n) is 3.90. The van der Waals surface area contributed by atoms with E-state index in [4.69, 9.17) is 4.74 Å². The van der Waals surface area contributed by atoms with Gasteiger partial charge in [0.1, 0.15) is 12.3 Å². The molecule has 1 amide bonds. The van der Waals surface area contributed by atoms with Crippen molar-refractivity contribution in [3.05, 3.63) is 54.1 Å². The predicted molar refractivity (Wildman–Crippen MR) is 104 cm³/mol. The van der Waals surface area contributed by atoms with E-state index in [9.17, 15) is 13.2 Å². The van der Waals surface area contributed by atoms with E-state index in [-0.39, 0.29) is 12.5 Å². The predicted octanol–water partition coefficient (Wildman–Crippen LogP) is 3.22. The maximum absolute atomic E-state index is 12.6. The van der Waals surface area contributed by atoms with Crippen LogP contribution < -0.4 is 14.4 Å². The van der Waals surface area contributed by atoms with E-state index in [0.29, 0.717) is 17.1 Å². The molecule has 0 saturated heterocycles. The minimum atomic E-state index is -3.67. The van der Waals surface area contributed by atoms with Crippen molar-refractivity contribution in [3.8, 4) is 5.75 Å². The smallest absolute Gasteiger partial charge is 0.245 e. The van der Waals surface area contributed by atoms with Gasteiger partial charge in [0.25, 0.3) is 0 Å². The molecule has 6 nitrogen and oxygen atoms in total. The van der Waals surface area contributed by atoms with Crippen LogP contribution in [0.3, 0.4) is 0 Å². The third kappa shape index (κ3) is 4.76. The number of anilines is 2. The van der Waals surface area contributed by atoms with Gasteiger partial charge in [-0.05, 0) is 29.7 Å². The lowest BCUT2D eigenvalue weighted by Crippen LogP contribution is -2.37. The van der Waals surface area contributed by atoms with Gasteiger partial charge in [-0.2, -0.15) is 0 Å². The minimum Gasteiger partial charge on any atom is -0.495 e. The summed E-state index contributed by atoms with van der Waals surface area (Å²) in [6, 6.07) is 14.2. The summed E-state index contributed by atoms with van der Waals surface area (Å²) >= 11 is 0. The molecular formula is C19H24N2O4S. The highest BCUT2D eigenvalue weighted by Crippen LogP contribution is 2.29. The summed E-state index contributed by atoms with van der Waals surface area (Å²) in [7, 11) is -2.22. The number of para-hydroxylation sites is 3. The Labute approximate surface area is 154 Å². The number of carbonyl (C=O) groups is 1. The minimum absolute atomic E-state index is 0.228. The number of ether oxygens (including phenoxy) is 1. The van der Waals surface area contributed by atoms with Crippen LogP contribution in [-0.2, 0) is 14.8 Å². The molecular weight excluding hydrogens is 352 g/mol. The summed E-state index contributed by atoms with van der Waals surface area (Å²) in [5, 5.41) is 2.82. The number of rotatable bonds is 7. The SMILES string of the molecule is COc1ccccc1N(CC(=O)Nc1ccccc1C(C)C)S(C)(=O)=O. The summed E-state index contributed by atoms with van der Waals surface area (Å²) in [4.78, 5) is 12.6. The fraction of sp³-hybridized carbons (Fsp3) is 0.316. The molecule has 2 aromatic rings. The van der Waals surface area contributed by atoms with Crippen LogP contribution in [-0.4, -0.2) is 34.2 Å². The molecule has 7 heteroatoms. The topological polar surface area (TPSA) is 75.7 Å². The molecule has 0 saturated carbocycles. The fourth-order valence-electron chi connectivity index (χ4n) is 2.65. The molecule has 0 aliphatic heterocycles. The maximum atomic E-state index is 12.6. The number of carbonyl (C=O) groups excluding carboxylic acids is 1. The van der Waals surface area contributed by atoms with Crippen molar-refractivity contribution >= 4 is 27.3 Å². The molecule has 0 heterocycles. The van der Waals surface area contributed by atoms with Crippen molar-refractivity contribution in [1.29, 1.82) is 0 Å². The first-order chi connectivity index (χ1) is 12.2. The van der Waals surface area contributed by atoms with Crippen molar-refractivity contribution in [3.63, 3.8) is 0 Å². The van der Waals surface area contributed by atoms with Crippen molar-refractivity contribution in [1.82, 2.24) is 0 Å². The number of nitrogens with zero attached hydrogens (tertiary/aromatic N) is 1. The first kappa shape index (κ1) is 19.8. The van der Waals surface area contributed by atoms with E-state index >= 15 is 0 Å². The molecule has 0 fully saturated rings. The molecule has 0 spiro atoms. The summed E-state index contributed by atoms with van der Waals surface area (Å²) in [6.45, 7) is 3.72. The van der Waals surface area contributed by atoms with Gasteiger partial charge in [-0.1, -0.05) is 44.2 Å². The second-order valence-electron chi connectivity index (χ2n) is 6.23. The maximum Gasteiger partial charge on any atom is 0.245 e. The Kier molecular flexibility index (Phi) is 6.26. The Morgan fingerprint density at radius 2 is 1.73 bits per heavy atom. The number of hydrogen-bond donors (Lipinski definition) is 1. The van der Waals surface area contributed by atoms with Crippen LogP contribution >= 0.6 is 0 Å². The Hall–Kier alpha value is -2.54. The molecule has 0 unspecified atom stereocenters. The van der Waals surface area contributed by atoms with Crippen LogP contribution in [0.15, 0.2) is 48.5 Å². The van der Waals surface area contributed by atoms with Crippen molar-refractivity contribution in [2.75, 3.05) is 29.5 Å². The van der Waals surface area contributed by atoms with E-state index in [2.05, 4.69) is 5.32 Å². The number of hydrogen-bond acceptors (Lipinski definition) is 4. The molecule has 1 N–H and O–H groups in total. The molecule has 26 heavy (non-hydrogen) atoms. The second kappa shape index (κ2) is 8.23. The van der Waals surface area contributed by atoms with Gasteiger partial charge in [0.15, 0.2) is 0 Å². The lowest BCUT2D eigenvalue weighted by Gasteiger charge is -2.24. The van der Waals surface area contributed by atoms with Gasteiger partial charge in [-0.15, -0.1) is 0 Å². The lowest BCUT2D eigenvalue weighted by molar-refractivity contribution is -0.114. The lowest BCUT2D eigenvalue weighted by atomic mass is 10.0. The molecule has 0 aromatic heterocycles. The number of sulfonamides is 1. The van der Waals surface area contributed by atoms with Gasteiger partial charge in [0, 0.05) is 5.69 Å². The average molecular weight is 376 g/mol. The highest BCUT2D eigenvalue weighted by Gasteiger charge is 2.24. The summed E-state index contributed by atoms with van der Waals surface area (Å²) in [5.74, 6) is 0.189. The standard InChI is InChI=1S/C19H24N2O4S/c1-14(2)15-9-5-6-10-16(15)20-19(22)13-21(26(4,23)24)17-11-7-8-12-18(17)25-3/h5-12,14H,13H2,1-4H3,(H,20,22). The second-order valence-corrected chi connectivity index (χ2v) is 8.14. The molecule has 0 radical (unpaired) electrons. The summed E-state index contributed by atoms with van der Waals surface area (Å²) < 4.78 is 30.8. The van der Waals surface area contributed by atoms with Gasteiger partial charge in [0.05, 0.1) is 19.1 Å². The summed E-state index contributed by atoms with van der Waals surface area (Å²) in [6.07, 6.45) is 1.06. The molecule has 0 bridgehead atoms. The van der Waals surface area contributed by atoms with E-state index in [0.717, 1.165) is 16.1 Å². The first-order valence-corrected chi connectivity index (χ1v) is 10.1. The number of methoxy groups -OCH3 is 1. The monoisotopic (exact) mass is 376 g/mol. The Morgan fingerprint density at radius 1 is 1.12 bits per heavy atom.